The van der Waals surface area contributed by atoms with Crippen LogP contribution < -0.4 is 20.1 Å². The van der Waals surface area contributed by atoms with Gasteiger partial charge in [0.05, 0.1) is 19.9 Å². The molecule has 2 aromatic rings. The van der Waals surface area contributed by atoms with Crippen LogP contribution in [0.2, 0.25) is 0 Å². The Balaban J connectivity index is 1.62. The van der Waals surface area contributed by atoms with Crippen molar-refractivity contribution >= 4 is 11.7 Å². The number of fused-ring (bicyclic) bond motifs is 1. The second kappa shape index (κ2) is 5.97. The van der Waals surface area contributed by atoms with Crippen LogP contribution >= 0.6 is 0 Å². The zero-order chi connectivity index (χ0) is 15.5. The number of nitrogens with zero attached hydrogens (tertiary/aromatic N) is 2. The Morgan fingerprint density at radius 3 is 3.18 bits per heavy atom. The minimum Gasteiger partial charge on any atom is -0.493 e. The first-order valence-electron chi connectivity index (χ1n) is 7.03. The fourth-order valence-electron chi connectivity index (χ4n) is 2.47. The number of para-hydroxylation sites is 1. The molecule has 0 spiro atoms. The molecule has 0 unspecified atom stereocenters. The number of rotatable bonds is 4. The van der Waals surface area contributed by atoms with Gasteiger partial charge in [0, 0.05) is 25.6 Å². The van der Waals surface area contributed by atoms with Crippen LogP contribution in [0.5, 0.6) is 11.6 Å². The average molecular weight is 302 g/mol. The summed E-state index contributed by atoms with van der Waals surface area (Å²) >= 11 is 0. The van der Waals surface area contributed by atoms with Crippen LogP contribution in [0.3, 0.4) is 0 Å². The molecule has 0 atom stereocenters. The SMILES string of the molecule is COc1nn(C)cc1NC(=O)NCc1cccc2c1OCC2. The van der Waals surface area contributed by atoms with E-state index in [1.165, 1.54) is 12.7 Å². The molecule has 7 nitrogen and oxygen atoms in total. The molecule has 1 aromatic heterocycles. The van der Waals surface area contributed by atoms with Gasteiger partial charge in [-0.15, -0.1) is 5.10 Å². The van der Waals surface area contributed by atoms with Gasteiger partial charge in [-0.2, -0.15) is 0 Å². The molecule has 22 heavy (non-hydrogen) atoms. The maximum Gasteiger partial charge on any atom is 0.319 e. The molecule has 0 bridgehead atoms. The van der Waals surface area contributed by atoms with Crippen LogP contribution in [-0.2, 0) is 20.0 Å². The molecule has 0 aliphatic carbocycles. The minimum atomic E-state index is -0.318. The number of anilines is 1. The Labute approximate surface area is 128 Å². The normalized spacial score (nSPS) is 12.5. The minimum absolute atomic E-state index is 0.318. The van der Waals surface area contributed by atoms with Crippen molar-refractivity contribution in [1.82, 2.24) is 15.1 Å². The van der Waals surface area contributed by atoms with Crippen LogP contribution in [0.15, 0.2) is 24.4 Å². The van der Waals surface area contributed by atoms with Crippen LogP contribution in [0.4, 0.5) is 10.5 Å². The number of hydrogen-bond donors (Lipinski definition) is 2. The van der Waals surface area contributed by atoms with Gasteiger partial charge in [-0.05, 0) is 5.56 Å². The zero-order valence-electron chi connectivity index (χ0n) is 12.5. The number of amides is 2. The molecule has 0 saturated carbocycles. The summed E-state index contributed by atoms with van der Waals surface area (Å²) in [5.41, 5.74) is 2.69. The highest BCUT2D eigenvalue weighted by molar-refractivity contribution is 5.90. The van der Waals surface area contributed by atoms with E-state index in [9.17, 15) is 4.79 Å². The summed E-state index contributed by atoms with van der Waals surface area (Å²) in [5.74, 6) is 1.27. The number of carbonyl (C=O) groups excluding carboxylic acids is 1. The average Bonchev–Trinajstić information content (AvgIpc) is 3.11. The molecule has 0 saturated heterocycles. The van der Waals surface area contributed by atoms with Gasteiger partial charge in [0.1, 0.15) is 11.4 Å². The first-order chi connectivity index (χ1) is 10.7. The first kappa shape index (κ1) is 14.2. The summed E-state index contributed by atoms with van der Waals surface area (Å²) in [4.78, 5) is 12.0. The van der Waals surface area contributed by atoms with Crippen molar-refractivity contribution in [3.05, 3.63) is 35.5 Å². The number of urea groups is 1. The summed E-state index contributed by atoms with van der Waals surface area (Å²) in [6.07, 6.45) is 2.60. The lowest BCUT2D eigenvalue weighted by Crippen LogP contribution is -2.28. The van der Waals surface area contributed by atoms with E-state index in [4.69, 9.17) is 9.47 Å². The fraction of sp³-hybridized carbons (Fsp3) is 0.333. The lowest BCUT2D eigenvalue weighted by molar-refractivity contribution is 0.251. The first-order valence-corrected chi connectivity index (χ1v) is 7.03. The van der Waals surface area contributed by atoms with E-state index >= 15 is 0 Å². The molecule has 7 heteroatoms. The van der Waals surface area contributed by atoms with Crippen molar-refractivity contribution < 1.29 is 14.3 Å². The highest BCUT2D eigenvalue weighted by Crippen LogP contribution is 2.29. The molecule has 1 aliphatic heterocycles. The monoisotopic (exact) mass is 302 g/mol. The molecule has 0 fully saturated rings. The third-order valence-corrected chi connectivity index (χ3v) is 3.47. The van der Waals surface area contributed by atoms with Gasteiger partial charge in [0.25, 0.3) is 5.88 Å². The van der Waals surface area contributed by atoms with Gasteiger partial charge in [0.2, 0.25) is 0 Å². The van der Waals surface area contributed by atoms with Crippen LogP contribution in [0.25, 0.3) is 0 Å². The Morgan fingerprint density at radius 2 is 2.36 bits per heavy atom. The zero-order valence-corrected chi connectivity index (χ0v) is 12.5. The molecule has 1 aromatic carbocycles. The second-order valence-electron chi connectivity index (χ2n) is 5.04. The van der Waals surface area contributed by atoms with Crippen molar-refractivity contribution in [3.8, 4) is 11.6 Å². The predicted molar refractivity (Wildman–Crippen MR) is 81.3 cm³/mol. The lowest BCUT2D eigenvalue weighted by atomic mass is 10.1. The van der Waals surface area contributed by atoms with Gasteiger partial charge in [0.15, 0.2) is 0 Å². The van der Waals surface area contributed by atoms with E-state index in [0.29, 0.717) is 24.7 Å². The maximum atomic E-state index is 12.0. The summed E-state index contributed by atoms with van der Waals surface area (Å²) in [6.45, 7) is 1.10. The molecule has 2 amide bonds. The van der Waals surface area contributed by atoms with Gasteiger partial charge in [-0.1, -0.05) is 18.2 Å². The standard InChI is InChI=1S/C15H18N4O3/c1-19-9-12(14(18-19)21-2)17-15(20)16-8-11-5-3-4-10-6-7-22-13(10)11/h3-5,9H,6-8H2,1-2H3,(H2,16,17,20). The Bertz CT molecular complexity index is 696. The van der Waals surface area contributed by atoms with Gasteiger partial charge >= 0.3 is 6.03 Å². The number of aromatic nitrogens is 2. The number of hydrogen-bond acceptors (Lipinski definition) is 4. The van der Waals surface area contributed by atoms with E-state index in [1.807, 2.05) is 18.2 Å². The number of carbonyl (C=O) groups is 1. The summed E-state index contributed by atoms with van der Waals surface area (Å²) in [7, 11) is 3.27. The smallest absolute Gasteiger partial charge is 0.319 e. The molecule has 2 heterocycles. The highest BCUT2D eigenvalue weighted by Gasteiger charge is 2.16. The summed E-state index contributed by atoms with van der Waals surface area (Å²) in [5, 5.41) is 9.62. The summed E-state index contributed by atoms with van der Waals surface area (Å²) < 4.78 is 12.3. The number of methoxy groups -OCH3 is 1. The number of ether oxygens (including phenoxy) is 2. The predicted octanol–water partition coefficient (Wildman–Crippen LogP) is 1.69. The van der Waals surface area contributed by atoms with Crippen LogP contribution in [0.1, 0.15) is 11.1 Å². The fourth-order valence-corrected chi connectivity index (χ4v) is 2.47. The van der Waals surface area contributed by atoms with Crippen LogP contribution in [0, 0.1) is 0 Å². The Kier molecular flexibility index (Phi) is 3.86. The topological polar surface area (TPSA) is 77.4 Å². The van der Waals surface area contributed by atoms with Gasteiger partial charge < -0.3 is 20.1 Å². The molecule has 1 aliphatic rings. The van der Waals surface area contributed by atoms with E-state index in [-0.39, 0.29) is 6.03 Å². The largest absolute Gasteiger partial charge is 0.493 e. The number of aryl methyl sites for hydroxylation is 1. The van der Waals surface area contributed by atoms with E-state index < -0.39 is 0 Å². The molecule has 116 valence electrons. The molecular weight excluding hydrogens is 284 g/mol. The second-order valence-corrected chi connectivity index (χ2v) is 5.04. The van der Waals surface area contributed by atoms with E-state index in [1.54, 1.807) is 17.9 Å². The van der Waals surface area contributed by atoms with Gasteiger partial charge in [-0.25, -0.2) is 4.79 Å². The number of benzene rings is 1. The van der Waals surface area contributed by atoms with Crippen molar-refractivity contribution in [1.29, 1.82) is 0 Å². The third kappa shape index (κ3) is 2.83. The van der Waals surface area contributed by atoms with Crippen molar-refractivity contribution in [2.45, 2.75) is 13.0 Å². The van der Waals surface area contributed by atoms with E-state index in [0.717, 1.165) is 17.7 Å². The highest BCUT2D eigenvalue weighted by atomic mass is 16.5. The van der Waals surface area contributed by atoms with Gasteiger partial charge in [-0.3, -0.25) is 4.68 Å². The Morgan fingerprint density at radius 1 is 1.50 bits per heavy atom. The summed E-state index contributed by atoms with van der Waals surface area (Å²) in [6, 6.07) is 5.66. The van der Waals surface area contributed by atoms with E-state index in [2.05, 4.69) is 15.7 Å². The maximum absolute atomic E-state index is 12.0. The quantitative estimate of drug-likeness (QED) is 0.901. The Hall–Kier alpha value is -2.70. The molecular formula is C15H18N4O3. The molecule has 0 radical (unpaired) electrons. The van der Waals surface area contributed by atoms with Crippen LogP contribution in [-0.4, -0.2) is 29.5 Å². The lowest BCUT2D eigenvalue weighted by Gasteiger charge is -2.10. The van der Waals surface area contributed by atoms with Crippen molar-refractivity contribution in [3.63, 3.8) is 0 Å². The number of nitrogens with one attached hydrogen (secondary N) is 2. The molecule has 2 N–H and O–H groups in total. The molecule has 3 rings (SSSR count). The van der Waals surface area contributed by atoms with Crippen molar-refractivity contribution in [2.24, 2.45) is 7.05 Å². The van der Waals surface area contributed by atoms with Crippen molar-refractivity contribution in [2.75, 3.05) is 19.0 Å². The third-order valence-electron chi connectivity index (χ3n) is 3.47.